The van der Waals surface area contributed by atoms with E-state index >= 15 is 0 Å². The van der Waals surface area contributed by atoms with Gasteiger partial charge in [-0.3, -0.25) is 9.69 Å². The molecular formula is C26H35N5O2. The van der Waals surface area contributed by atoms with E-state index in [0.29, 0.717) is 0 Å². The third-order valence-electron chi connectivity index (χ3n) is 7.02. The highest BCUT2D eigenvalue weighted by Gasteiger charge is 2.29. The Kier molecular flexibility index (Phi) is 6.61. The molecule has 33 heavy (non-hydrogen) atoms. The maximum Gasteiger partial charge on any atom is 0.263 e. The van der Waals surface area contributed by atoms with Crippen molar-refractivity contribution in [2.45, 2.75) is 59.2 Å². The number of piperidine rings is 1. The molecule has 7 nitrogen and oxygen atoms in total. The van der Waals surface area contributed by atoms with Crippen molar-refractivity contribution in [1.82, 2.24) is 19.8 Å². The van der Waals surface area contributed by atoms with E-state index in [4.69, 9.17) is 15.5 Å². The minimum atomic E-state index is -0.551. The number of ether oxygens (including phenoxy) is 1. The number of aryl methyl sites for hydroxylation is 1. The number of imidazole rings is 1. The second-order valence-corrected chi connectivity index (χ2v) is 9.27. The lowest BCUT2D eigenvalue weighted by molar-refractivity contribution is -0.139. The molecule has 7 heteroatoms. The van der Waals surface area contributed by atoms with Gasteiger partial charge in [0.05, 0.1) is 17.6 Å². The lowest BCUT2D eigenvalue weighted by Gasteiger charge is -2.37. The van der Waals surface area contributed by atoms with Gasteiger partial charge < -0.3 is 20.4 Å². The fourth-order valence-corrected chi connectivity index (χ4v) is 4.65. The summed E-state index contributed by atoms with van der Waals surface area (Å²) in [6, 6.07) is 10.2. The molecule has 1 aliphatic rings. The Morgan fingerprint density at radius 2 is 1.94 bits per heavy atom. The molecule has 1 saturated heterocycles. The van der Waals surface area contributed by atoms with Crippen molar-refractivity contribution in [2.75, 3.05) is 25.9 Å². The van der Waals surface area contributed by atoms with Gasteiger partial charge >= 0.3 is 0 Å². The van der Waals surface area contributed by atoms with Gasteiger partial charge in [0.25, 0.3) is 5.91 Å². The van der Waals surface area contributed by atoms with Crippen LogP contribution in [0, 0.1) is 20.8 Å². The van der Waals surface area contributed by atoms with Crippen LogP contribution >= 0.6 is 0 Å². The number of likely N-dealkylation sites (N-methyl/N-ethyl adjacent to an activating group) is 1. The Hall–Kier alpha value is -3.06. The van der Waals surface area contributed by atoms with Crippen LogP contribution in [0.15, 0.2) is 30.3 Å². The van der Waals surface area contributed by atoms with Gasteiger partial charge in [0, 0.05) is 31.9 Å². The molecule has 2 aromatic carbocycles. The third kappa shape index (κ3) is 4.83. The van der Waals surface area contributed by atoms with Crippen molar-refractivity contribution >= 4 is 22.6 Å². The Balaban J connectivity index is 1.32. The van der Waals surface area contributed by atoms with Crippen LogP contribution in [0.4, 0.5) is 5.69 Å². The largest absolute Gasteiger partial charge is 0.481 e. The molecule has 1 aromatic heterocycles. The Labute approximate surface area is 195 Å². The number of rotatable bonds is 6. The minimum absolute atomic E-state index is 0.0114. The van der Waals surface area contributed by atoms with Crippen molar-refractivity contribution in [3.63, 3.8) is 0 Å². The maximum absolute atomic E-state index is 13.1. The Morgan fingerprint density at radius 3 is 2.64 bits per heavy atom. The first-order valence-electron chi connectivity index (χ1n) is 11.7. The predicted octanol–water partition coefficient (Wildman–Crippen LogP) is 3.96. The summed E-state index contributed by atoms with van der Waals surface area (Å²) in [7, 11) is 1.90. The minimum Gasteiger partial charge on any atom is -0.481 e. The van der Waals surface area contributed by atoms with Gasteiger partial charge in [0.15, 0.2) is 6.10 Å². The quantitative estimate of drug-likeness (QED) is 0.556. The first-order chi connectivity index (χ1) is 15.7. The average Bonchev–Trinajstić information content (AvgIpc) is 3.23. The van der Waals surface area contributed by atoms with Crippen molar-refractivity contribution in [3.8, 4) is 5.75 Å². The first kappa shape index (κ1) is 23.1. The SMILES string of the molecule is Cc1cc(OC(C)C(=O)N(C)C2CCN(Cc3nc4ccccc4[nH]3)CC2)c(C)c(C)c1N. The van der Waals surface area contributed by atoms with E-state index in [1.165, 1.54) is 0 Å². The average molecular weight is 450 g/mol. The van der Waals surface area contributed by atoms with Crippen LogP contribution in [0.1, 0.15) is 42.3 Å². The lowest BCUT2D eigenvalue weighted by Crippen LogP contribution is -2.48. The van der Waals surface area contributed by atoms with E-state index in [1.54, 1.807) is 0 Å². The molecule has 0 bridgehead atoms. The number of anilines is 1. The van der Waals surface area contributed by atoms with Gasteiger partial charge in [-0.2, -0.15) is 0 Å². The molecule has 0 spiro atoms. The number of likely N-dealkylation sites (tertiary alicyclic amines) is 1. The van der Waals surface area contributed by atoms with Crippen molar-refractivity contribution < 1.29 is 9.53 Å². The molecule has 0 aliphatic carbocycles. The number of aromatic amines is 1. The van der Waals surface area contributed by atoms with E-state index in [-0.39, 0.29) is 11.9 Å². The van der Waals surface area contributed by atoms with Gasteiger partial charge in [-0.1, -0.05) is 12.1 Å². The Morgan fingerprint density at radius 1 is 1.24 bits per heavy atom. The number of nitrogens with two attached hydrogens (primary N) is 1. The molecule has 2 heterocycles. The topological polar surface area (TPSA) is 87.5 Å². The summed E-state index contributed by atoms with van der Waals surface area (Å²) in [6.45, 7) is 10.4. The summed E-state index contributed by atoms with van der Waals surface area (Å²) in [4.78, 5) is 25.5. The van der Waals surface area contributed by atoms with E-state index < -0.39 is 6.10 Å². The number of hydrogen-bond donors (Lipinski definition) is 2. The van der Waals surface area contributed by atoms with Crippen molar-refractivity contribution in [2.24, 2.45) is 0 Å². The number of nitrogens with one attached hydrogen (secondary N) is 1. The van der Waals surface area contributed by atoms with Crippen LogP contribution in [-0.4, -0.2) is 58.0 Å². The Bertz CT molecular complexity index is 1110. The molecule has 1 aliphatic heterocycles. The van der Waals surface area contributed by atoms with E-state index in [1.807, 2.05) is 63.9 Å². The molecule has 1 fully saturated rings. The van der Waals surface area contributed by atoms with E-state index in [0.717, 1.165) is 77.5 Å². The number of H-pyrrole nitrogens is 1. The fraction of sp³-hybridized carbons (Fsp3) is 0.462. The summed E-state index contributed by atoms with van der Waals surface area (Å²) in [6.07, 6.45) is 1.33. The third-order valence-corrected chi connectivity index (χ3v) is 7.02. The normalized spacial score (nSPS) is 16.2. The zero-order valence-corrected chi connectivity index (χ0v) is 20.3. The molecule has 3 aromatic rings. The zero-order chi connectivity index (χ0) is 23.7. The second kappa shape index (κ2) is 9.43. The number of fused-ring (bicyclic) bond motifs is 1. The second-order valence-electron chi connectivity index (χ2n) is 9.27. The number of amides is 1. The van der Waals surface area contributed by atoms with Crippen LogP contribution in [0.5, 0.6) is 5.75 Å². The number of hydrogen-bond acceptors (Lipinski definition) is 5. The molecule has 176 valence electrons. The number of carbonyl (C=O) groups is 1. The molecule has 0 radical (unpaired) electrons. The summed E-state index contributed by atoms with van der Waals surface area (Å²) >= 11 is 0. The molecular weight excluding hydrogens is 414 g/mol. The molecule has 1 amide bonds. The number of nitrogen functional groups attached to an aromatic ring is 1. The van der Waals surface area contributed by atoms with Crippen molar-refractivity contribution in [1.29, 1.82) is 0 Å². The summed E-state index contributed by atoms with van der Waals surface area (Å²) < 4.78 is 6.09. The molecule has 4 rings (SSSR count). The number of benzene rings is 2. The molecule has 0 saturated carbocycles. The number of aromatic nitrogens is 2. The standard InChI is InChI=1S/C26H35N5O2/c1-16-14-23(17(2)18(3)25(16)27)33-19(4)26(32)30(5)20-10-12-31(13-11-20)15-24-28-21-8-6-7-9-22(21)29-24/h6-9,14,19-20H,10-13,15,27H2,1-5H3,(H,28,29). The van der Waals surface area contributed by atoms with Crippen molar-refractivity contribution in [3.05, 3.63) is 52.8 Å². The van der Waals surface area contributed by atoms with Gasteiger partial charge in [-0.05, 0) is 75.4 Å². The molecule has 1 unspecified atom stereocenters. The first-order valence-corrected chi connectivity index (χ1v) is 11.7. The van der Waals surface area contributed by atoms with Crippen LogP contribution < -0.4 is 10.5 Å². The predicted molar refractivity (Wildman–Crippen MR) is 132 cm³/mol. The highest BCUT2D eigenvalue weighted by molar-refractivity contribution is 5.81. The van der Waals surface area contributed by atoms with Crippen LogP contribution in [0.25, 0.3) is 11.0 Å². The van der Waals surface area contributed by atoms with E-state index in [9.17, 15) is 4.79 Å². The maximum atomic E-state index is 13.1. The number of carbonyl (C=O) groups excluding carboxylic acids is 1. The number of nitrogens with zero attached hydrogens (tertiary/aromatic N) is 3. The van der Waals surface area contributed by atoms with Crippen LogP contribution in [0.2, 0.25) is 0 Å². The number of para-hydroxylation sites is 2. The van der Waals surface area contributed by atoms with Gasteiger partial charge in [-0.15, -0.1) is 0 Å². The summed E-state index contributed by atoms with van der Waals surface area (Å²) in [5, 5.41) is 0. The highest BCUT2D eigenvalue weighted by Crippen LogP contribution is 2.30. The molecule has 1 atom stereocenters. The monoisotopic (exact) mass is 449 g/mol. The van der Waals surface area contributed by atoms with E-state index in [2.05, 4.69) is 16.0 Å². The summed E-state index contributed by atoms with van der Waals surface area (Å²) in [5.74, 6) is 1.73. The highest BCUT2D eigenvalue weighted by atomic mass is 16.5. The van der Waals surface area contributed by atoms with Crippen LogP contribution in [-0.2, 0) is 11.3 Å². The summed E-state index contributed by atoms with van der Waals surface area (Å²) in [5.41, 5.74) is 12.0. The van der Waals surface area contributed by atoms with Gasteiger partial charge in [0.1, 0.15) is 11.6 Å². The smallest absolute Gasteiger partial charge is 0.263 e. The van der Waals surface area contributed by atoms with Gasteiger partial charge in [0.2, 0.25) is 0 Å². The fourth-order valence-electron chi connectivity index (χ4n) is 4.65. The van der Waals surface area contributed by atoms with Crippen LogP contribution in [0.3, 0.4) is 0 Å². The van der Waals surface area contributed by atoms with Gasteiger partial charge in [-0.25, -0.2) is 4.98 Å². The zero-order valence-electron chi connectivity index (χ0n) is 20.3. The lowest BCUT2D eigenvalue weighted by atomic mass is 10.0. The molecule has 3 N–H and O–H groups in total.